The zero-order valence-corrected chi connectivity index (χ0v) is 16.5. The Morgan fingerprint density at radius 3 is 2.23 bits per heavy atom. The van der Waals surface area contributed by atoms with Crippen molar-refractivity contribution < 1.29 is 18.1 Å². The van der Waals surface area contributed by atoms with Gasteiger partial charge in [-0.3, -0.25) is 24.2 Å². The molecule has 0 unspecified atom stereocenters. The lowest BCUT2D eigenvalue weighted by Gasteiger charge is -2.24. The molecule has 0 fully saturated rings. The van der Waals surface area contributed by atoms with Gasteiger partial charge in [-0.1, -0.05) is 18.2 Å². The Balaban J connectivity index is 1.87. The fourth-order valence-electron chi connectivity index (χ4n) is 2.66. The van der Waals surface area contributed by atoms with E-state index in [4.69, 9.17) is 0 Å². The highest BCUT2D eigenvalue weighted by atomic mass is 32.2. The van der Waals surface area contributed by atoms with Crippen molar-refractivity contribution in [1.82, 2.24) is 10.3 Å². The van der Waals surface area contributed by atoms with Crippen LogP contribution in [-0.4, -0.2) is 30.8 Å². The van der Waals surface area contributed by atoms with Gasteiger partial charge in [-0.25, -0.2) is 8.42 Å². The van der Waals surface area contributed by atoms with Crippen LogP contribution in [0, 0.1) is 10.1 Å². The minimum atomic E-state index is -4.07. The molecule has 2 aromatic carbocycles. The number of nitrogens with zero attached hydrogens (tertiary/aromatic N) is 3. The lowest BCUT2D eigenvalue weighted by Crippen LogP contribution is -2.40. The molecular weight excluding hydrogens is 408 g/mol. The summed E-state index contributed by atoms with van der Waals surface area (Å²) in [7, 11) is -4.07. The second-order valence-electron chi connectivity index (χ2n) is 6.23. The van der Waals surface area contributed by atoms with Crippen molar-refractivity contribution in [2.45, 2.75) is 11.4 Å². The lowest BCUT2D eigenvalue weighted by atomic mass is 10.2. The molecule has 0 aliphatic carbocycles. The number of hydrogen-bond donors (Lipinski definition) is 1. The summed E-state index contributed by atoms with van der Waals surface area (Å²) in [6, 6.07) is 16.1. The molecule has 3 rings (SSSR count). The van der Waals surface area contributed by atoms with E-state index >= 15 is 0 Å². The lowest BCUT2D eigenvalue weighted by molar-refractivity contribution is -0.384. The molecule has 0 aliphatic heterocycles. The maximum absolute atomic E-state index is 13.2. The van der Waals surface area contributed by atoms with Crippen molar-refractivity contribution in [3.63, 3.8) is 0 Å². The molecule has 1 heterocycles. The van der Waals surface area contributed by atoms with Gasteiger partial charge in [0.1, 0.15) is 6.54 Å². The molecule has 0 aliphatic rings. The number of benzene rings is 2. The van der Waals surface area contributed by atoms with Crippen molar-refractivity contribution >= 4 is 27.3 Å². The van der Waals surface area contributed by atoms with Crippen LogP contribution in [0.15, 0.2) is 84.0 Å². The number of non-ortho nitro benzene ring substituents is 1. The van der Waals surface area contributed by atoms with Crippen LogP contribution >= 0.6 is 0 Å². The Morgan fingerprint density at radius 2 is 1.63 bits per heavy atom. The van der Waals surface area contributed by atoms with E-state index in [9.17, 15) is 23.3 Å². The zero-order chi connectivity index (χ0) is 21.6. The second-order valence-corrected chi connectivity index (χ2v) is 8.09. The topological polar surface area (TPSA) is 123 Å². The Hall–Kier alpha value is -3.79. The summed E-state index contributed by atoms with van der Waals surface area (Å²) in [5, 5.41) is 13.6. The predicted molar refractivity (Wildman–Crippen MR) is 110 cm³/mol. The number of aromatic nitrogens is 1. The summed E-state index contributed by atoms with van der Waals surface area (Å²) in [6.45, 7) is -0.277. The number of amides is 1. The molecule has 1 aromatic heterocycles. The van der Waals surface area contributed by atoms with Gasteiger partial charge in [-0.05, 0) is 42.0 Å². The van der Waals surface area contributed by atoms with E-state index in [1.54, 1.807) is 42.7 Å². The smallest absolute Gasteiger partial charge is 0.269 e. The molecular formula is C20H18N4O5S. The molecule has 154 valence electrons. The first-order chi connectivity index (χ1) is 14.4. The summed E-state index contributed by atoms with van der Waals surface area (Å²) in [5.74, 6) is -0.523. The first kappa shape index (κ1) is 20.9. The van der Waals surface area contributed by atoms with E-state index in [1.807, 2.05) is 0 Å². The largest absolute Gasteiger partial charge is 0.350 e. The number of pyridine rings is 1. The van der Waals surface area contributed by atoms with Crippen molar-refractivity contribution in [1.29, 1.82) is 0 Å². The molecule has 0 radical (unpaired) electrons. The molecule has 0 spiro atoms. The van der Waals surface area contributed by atoms with E-state index in [2.05, 4.69) is 10.3 Å². The summed E-state index contributed by atoms with van der Waals surface area (Å²) in [5.41, 5.74) is 0.771. The Bertz CT molecular complexity index is 1120. The maximum Gasteiger partial charge on any atom is 0.269 e. The van der Waals surface area contributed by atoms with Gasteiger partial charge < -0.3 is 5.32 Å². The number of hydrogen-bond acceptors (Lipinski definition) is 6. The van der Waals surface area contributed by atoms with Gasteiger partial charge >= 0.3 is 0 Å². The van der Waals surface area contributed by atoms with Crippen LogP contribution in [0.1, 0.15) is 5.56 Å². The van der Waals surface area contributed by atoms with Gasteiger partial charge in [0.15, 0.2) is 0 Å². The zero-order valence-electron chi connectivity index (χ0n) is 15.7. The van der Waals surface area contributed by atoms with Crippen LogP contribution in [0.2, 0.25) is 0 Å². The number of nitrogens with one attached hydrogen (secondary N) is 1. The molecule has 0 saturated carbocycles. The van der Waals surface area contributed by atoms with E-state index in [-0.39, 0.29) is 22.8 Å². The Labute approximate surface area is 173 Å². The SMILES string of the molecule is O=C(CN(c1ccc([N+](=O)[O-])cc1)S(=O)(=O)c1ccccc1)NCc1ccncc1. The molecule has 9 nitrogen and oxygen atoms in total. The van der Waals surface area contributed by atoms with E-state index in [0.29, 0.717) is 0 Å². The molecule has 10 heteroatoms. The third kappa shape index (κ3) is 4.97. The van der Waals surface area contributed by atoms with Crippen LogP contribution in [0.4, 0.5) is 11.4 Å². The molecule has 0 bridgehead atoms. The van der Waals surface area contributed by atoms with E-state index < -0.39 is 27.4 Å². The van der Waals surface area contributed by atoms with Gasteiger partial charge in [0.2, 0.25) is 5.91 Å². The maximum atomic E-state index is 13.2. The van der Waals surface area contributed by atoms with Crippen molar-refractivity contribution in [2.75, 3.05) is 10.8 Å². The average Bonchev–Trinajstić information content (AvgIpc) is 2.77. The highest BCUT2D eigenvalue weighted by molar-refractivity contribution is 7.92. The third-order valence-corrected chi connectivity index (χ3v) is 5.99. The molecule has 30 heavy (non-hydrogen) atoms. The summed E-state index contributed by atoms with van der Waals surface area (Å²) in [6.07, 6.45) is 3.18. The third-order valence-electron chi connectivity index (χ3n) is 4.21. The van der Waals surface area contributed by atoms with Crippen molar-refractivity contribution in [3.8, 4) is 0 Å². The number of rotatable bonds is 8. The van der Waals surface area contributed by atoms with Crippen LogP contribution in [0.25, 0.3) is 0 Å². The van der Waals surface area contributed by atoms with E-state index in [0.717, 1.165) is 9.87 Å². The molecule has 0 saturated heterocycles. The first-order valence-electron chi connectivity index (χ1n) is 8.86. The van der Waals surface area contributed by atoms with Gasteiger partial charge in [0.05, 0.1) is 15.5 Å². The quantitative estimate of drug-likeness (QED) is 0.436. The summed E-state index contributed by atoms with van der Waals surface area (Å²) in [4.78, 5) is 26.7. The Morgan fingerprint density at radius 1 is 1.00 bits per heavy atom. The molecule has 3 aromatic rings. The predicted octanol–water partition coefficient (Wildman–Crippen LogP) is 2.50. The van der Waals surface area contributed by atoms with Crippen LogP contribution in [0.3, 0.4) is 0 Å². The summed E-state index contributed by atoms with van der Waals surface area (Å²) < 4.78 is 27.3. The summed E-state index contributed by atoms with van der Waals surface area (Å²) >= 11 is 0. The first-order valence-corrected chi connectivity index (χ1v) is 10.3. The minimum Gasteiger partial charge on any atom is -0.350 e. The standard InChI is InChI=1S/C20H18N4O5S/c25-20(22-14-16-10-12-21-13-11-16)15-23(17-6-8-18(9-7-17)24(26)27)30(28,29)19-4-2-1-3-5-19/h1-13H,14-15H2,(H,22,25). The molecule has 0 atom stereocenters. The number of sulfonamides is 1. The van der Waals surface area contributed by atoms with Crippen LogP contribution < -0.4 is 9.62 Å². The number of anilines is 1. The van der Waals surface area contributed by atoms with Gasteiger partial charge in [0, 0.05) is 31.1 Å². The molecule has 1 amide bonds. The average molecular weight is 426 g/mol. The number of carbonyl (C=O) groups excluding carboxylic acids is 1. The monoisotopic (exact) mass is 426 g/mol. The highest BCUT2D eigenvalue weighted by Crippen LogP contribution is 2.25. The Kier molecular flexibility index (Phi) is 6.38. The molecule has 1 N–H and O–H groups in total. The van der Waals surface area contributed by atoms with Gasteiger partial charge in [-0.15, -0.1) is 0 Å². The van der Waals surface area contributed by atoms with Crippen LogP contribution in [0.5, 0.6) is 0 Å². The van der Waals surface area contributed by atoms with E-state index in [1.165, 1.54) is 36.4 Å². The normalized spacial score (nSPS) is 10.9. The van der Waals surface area contributed by atoms with Gasteiger partial charge in [-0.2, -0.15) is 0 Å². The van der Waals surface area contributed by atoms with Crippen molar-refractivity contribution in [2.24, 2.45) is 0 Å². The van der Waals surface area contributed by atoms with Crippen molar-refractivity contribution in [3.05, 3.63) is 94.8 Å². The number of nitro groups is 1. The van der Waals surface area contributed by atoms with Gasteiger partial charge in [0.25, 0.3) is 15.7 Å². The fourth-order valence-corrected chi connectivity index (χ4v) is 4.11. The fraction of sp³-hybridized carbons (Fsp3) is 0.100. The van der Waals surface area contributed by atoms with Crippen LogP contribution in [-0.2, 0) is 21.4 Å². The number of carbonyl (C=O) groups is 1. The minimum absolute atomic E-state index is 0.00489. The number of nitro benzene ring substituents is 1. The highest BCUT2D eigenvalue weighted by Gasteiger charge is 2.27. The second kappa shape index (κ2) is 9.14.